The molecule has 1 atom stereocenters. The third kappa shape index (κ3) is 3.70. The second-order valence-corrected chi connectivity index (χ2v) is 7.52. The maximum absolute atomic E-state index is 12.2. The quantitative estimate of drug-likeness (QED) is 0.776. The van der Waals surface area contributed by atoms with Crippen molar-refractivity contribution in [3.63, 3.8) is 0 Å². The fourth-order valence-electron chi connectivity index (χ4n) is 4.29. The van der Waals surface area contributed by atoms with Crippen LogP contribution in [0.2, 0.25) is 0 Å². The van der Waals surface area contributed by atoms with Crippen molar-refractivity contribution in [2.75, 3.05) is 5.32 Å². The van der Waals surface area contributed by atoms with Gasteiger partial charge in [0.15, 0.2) is 0 Å². The van der Waals surface area contributed by atoms with Gasteiger partial charge in [0.05, 0.1) is 0 Å². The number of nitrogens with one attached hydrogen (secondary N) is 1. The van der Waals surface area contributed by atoms with Crippen LogP contribution in [0.4, 0.5) is 10.5 Å². The first-order chi connectivity index (χ1) is 11.1. The molecule has 0 aromatic heterocycles. The highest BCUT2D eigenvalue weighted by atomic mass is 16.6. The Morgan fingerprint density at radius 2 is 1.83 bits per heavy atom. The molecule has 2 aliphatic carbocycles. The van der Waals surface area contributed by atoms with Gasteiger partial charge in [-0.05, 0) is 63.5 Å². The van der Waals surface area contributed by atoms with Crippen LogP contribution in [0.3, 0.4) is 0 Å². The highest BCUT2D eigenvalue weighted by Gasteiger charge is 2.50. The number of carbonyl (C=O) groups excluding carboxylic acids is 1. The zero-order chi connectivity index (χ0) is 16.3. The van der Waals surface area contributed by atoms with Gasteiger partial charge < -0.3 is 4.74 Å². The van der Waals surface area contributed by atoms with Crippen molar-refractivity contribution in [3.05, 3.63) is 29.8 Å². The predicted molar refractivity (Wildman–Crippen MR) is 93.6 cm³/mol. The summed E-state index contributed by atoms with van der Waals surface area (Å²) in [4.78, 5) is 12.2. The van der Waals surface area contributed by atoms with Crippen molar-refractivity contribution < 1.29 is 9.53 Å². The average molecular weight is 315 g/mol. The molecule has 3 rings (SSSR count). The lowest BCUT2D eigenvalue weighted by Gasteiger charge is -2.52. The Labute approximate surface area is 139 Å². The zero-order valence-corrected chi connectivity index (χ0v) is 14.4. The van der Waals surface area contributed by atoms with E-state index in [2.05, 4.69) is 12.2 Å². The van der Waals surface area contributed by atoms with Crippen LogP contribution in [0.5, 0.6) is 0 Å². The van der Waals surface area contributed by atoms with E-state index in [0.717, 1.165) is 18.0 Å². The minimum atomic E-state index is -0.298. The molecule has 1 N–H and O–H groups in total. The number of anilines is 1. The summed E-state index contributed by atoms with van der Waals surface area (Å²) in [5.41, 5.74) is 2.28. The molecule has 1 amide bonds. The third-order valence-corrected chi connectivity index (χ3v) is 5.93. The van der Waals surface area contributed by atoms with Crippen molar-refractivity contribution in [2.24, 2.45) is 11.3 Å². The van der Waals surface area contributed by atoms with Crippen molar-refractivity contribution in [1.82, 2.24) is 0 Å². The van der Waals surface area contributed by atoms with E-state index < -0.39 is 0 Å². The first-order valence-corrected chi connectivity index (χ1v) is 9.15. The van der Waals surface area contributed by atoms with E-state index in [1.54, 1.807) is 0 Å². The number of rotatable bonds is 4. The maximum atomic E-state index is 12.2. The zero-order valence-electron chi connectivity index (χ0n) is 14.4. The summed E-state index contributed by atoms with van der Waals surface area (Å²) in [7, 11) is 0. The van der Waals surface area contributed by atoms with Crippen molar-refractivity contribution in [2.45, 2.75) is 71.3 Å². The van der Waals surface area contributed by atoms with Gasteiger partial charge in [-0.3, -0.25) is 5.32 Å². The van der Waals surface area contributed by atoms with Crippen LogP contribution in [-0.2, 0) is 4.74 Å². The summed E-state index contributed by atoms with van der Waals surface area (Å²) in [6.45, 7) is 4.31. The fourth-order valence-corrected chi connectivity index (χ4v) is 4.29. The molecule has 0 bridgehead atoms. The van der Waals surface area contributed by atoms with E-state index in [9.17, 15) is 4.79 Å². The highest BCUT2D eigenvalue weighted by molar-refractivity contribution is 5.84. The maximum Gasteiger partial charge on any atom is 0.411 e. The van der Waals surface area contributed by atoms with Gasteiger partial charge in [-0.25, -0.2) is 4.79 Å². The number of benzene rings is 1. The number of amides is 1. The molecule has 0 saturated heterocycles. The molecule has 1 spiro atoms. The van der Waals surface area contributed by atoms with Crippen molar-refractivity contribution >= 4 is 11.8 Å². The van der Waals surface area contributed by atoms with Gasteiger partial charge in [0.2, 0.25) is 0 Å². The number of aryl methyl sites for hydroxylation is 1. The Morgan fingerprint density at radius 3 is 2.39 bits per heavy atom. The van der Waals surface area contributed by atoms with E-state index in [0.29, 0.717) is 0 Å². The van der Waals surface area contributed by atoms with E-state index in [4.69, 9.17) is 4.74 Å². The van der Waals surface area contributed by atoms with E-state index in [1.807, 2.05) is 31.2 Å². The Balaban J connectivity index is 1.50. The largest absolute Gasteiger partial charge is 0.445 e. The van der Waals surface area contributed by atoms with Crippen LogP contribution in [0.15, 0.2) is 24.3 Å². The molecule has 0 aliphatic heterocycles. The third-order valence-electron chi connectivity index (χ3n) is 5.93. The van der Waals surface area contributed by atoms with E-state index in [1.165, 1.54) is 50.5 Å². The van der Waals surface area contributed by atoms with E-state index in [-0.39, 0.29) is 17.6 Å². The topological polar surface area (TPSA) is 38.3 Å². The van der Waals surface area contributed by atoms with Crippen LogP contribution in [0.1, 0.15) is 63.9 Å². The monoisotopic (exact) mass is 315 g/mol. The van der Waals surface area contributed by atoms with Crippen LogP contribution >= 0.6 is 0 Å². The van der Waals surface area contributed by atoms with Gasteiger partial charge in [-0.1, -0.05) is 37.5 Å². The lowest BCUT2D eigenvalue weighted by molar-refractivity contribution is -0.0962. The molecule has 1 unspecified atom stereocenters. The fraction of sp³-hybridized carbons (Fsp3) is 0.650. The summed E-state index contributed by atoms with van der Waals surface area (Å²) < 4.78 is 5.76. The number of hydrogen-bond donors (Lipinski definition) is 1. The smallest absolute Gasteiger partial charge is 0.411 e. The molecule has 0 radical (unpaired) electrons. The molecule has 2 saturated carbocycles. The molecule has 2 fully saturated rings. The molecule has 1 aromatic carbocycles. The van der Waals surface area contributed by atoms with Crippen LogP contribution in [0, 0.1) is 18.3 Å². The lowest BCUT2D eigenvalue weighted by atomic mass is 9.57. The minimum Gasteiger partial charge on any atom is -0.445 e. The second kappa shape index (κ2) is 6.94. The van der Waals surface area contributed by atoms with Gasteiger partial charge in [0, 0.05) is 11.1 Å². The molecule has 2 aliphatic rings. The van der Waals surface area contributed by atoms with Gasteiger partial charge in [0.25, 0.3) is 0 Å². The van der Waals surface area contributed by atoms with Gasteiger partial charge in [0.1, 0.15) is 6.10 Å². The van der Waals surface area contributed by atoms with E-state index >= 15 is 0 Å². The normalized spacial score (nSPS) is 29.8. The molecule has 3 nitrogen and oxygen atoms in total. The second-order valence-electron chi connectivity index (χ2n) is 7.52. The first kappa shape index (κ1) is 16.4. The predicted octanol–water partition coefficient (Wildman–Crippen LogP) is 5.68. The standard InChI is InChI=1S/C20H29NO2/c1-3-4-16-9-12-20(13-10-16)14-11-18(20)23-19(22)21-17-7-5-15(2)6-8-17/h5-8,16,18H,3-4,9-14H2,1-2H3,(H,21,22). The molecule has 126 valence electrons. The SMILES string of the molecule is CCCC1CCC2(CC1)CCC2OC(=O)Nc1ccc(C)cc1. The lowest BCUT2D eigenvalue weighted by Crippen LogP contribution is -2.50. The molecule has 1 aromatic rings. The number of carbonyl (C=O) groups is 1. The highest BCUT2D eigenvalue weighted by Crippen LogP contribution is 2.54. The van der Waals surface area contributed by atoms with Gasteiger partial charge in [-0.15, -0.1) is 0 Å². The molecule has 23 heavy (non-hydrogen) atoms. The minimum absolute atomic E-state index is 0.121. The number of hydrogen-bond acceptors (Lipinski definition) is 2. The van der Waals surface area contributed by atoms with Crippen LogP contribution < -0.4 is 5.32 Å². The van der Waals surface area contributed by atoms with Crippen LogP contribution in [0.25, 0.3) is 0 Å². The summed E-state index contributed by atoms with van der Waals surface area (Å²) >= 11 is 0. The Hall–Kier alpha value is -1.51. The summed E-state index contributed by atoms with van der Waals surface area (Å²) in [6, 6.07) is 7.83. The van der Waals surface area contributed by atoms with Crippen molar-refractivity contribution in [3.8, 4) is 0 Å². The summed E-state index contributed by atoms with van der Waals surface area (Å²) in [6.07, 6.45) is 9.82. The Morgan fingerprint density at radius 1 is 1.17 bits per heavy atom. The Kier molecular flexibility index (Phi) is 4.93. The first-order valence-electron chi connectivity index (χ1n) is 9.15. The van der Waals surface area contributed by atoms with Crippen LogP contribution in [-0.4, -0.2) is 12.2 Å². The summed E-state index contributed by atoms with van der Waals surface area (Å²) in [5.74, 6) is 0.897. The van der Waals surface area contributed by atoms with Crippen molar-refractivity contribution in [1.29, 1.82) is 0 Å². The molecule has 0 heterocycles. The Bertz CT molecular complexity index is 529. The average Bonchev–Trinajstić information content (AvgIpc) is 2.55. The molecular formula is C20H29NO2. The van der Waals surface area contributed by atoms with Gasteiger partial charge >= 0.3 is 6.09 Å². The van der Waals surface area contributed by atoms with Gasteiger partial charge in [-0.2, -0.15) is 0 Å². The summed E-state index contributed by atoms with van der Waals surface area (Å²) in [5, 5.41) is 2.86. The number of ether oxygens (including phenoxy) is 1. The molecule has 3 heteroatoms. The molecular weight excluding hydrogens is 286 g/mol.